The normalized spacial score (nSPS) is 21.6. The van der Waals surface area contributed by atoms with Crippen LogP contribution < -0.4 is 5.32 Å². The molecule has 0 amide bonds. The van der Waals surface area contributed by atoms with Gasteiger partial charge in [0.15, 0.2) is 5.82 Å². The van der Waals surface area contributed by atoms with Gasteiger partial charge in [-0.3, -0.25) is 0 Å². The number of aromatic nitrogens is 3. The highest BCUT2D eigenvalue weighted by Gasteiger charge is 2.27. The molecule has 20 heavy (non-hydrogen) atoms. The van der Waals surface area contributed by atoms with Gasteiger partial charge in [0.2, 0.25) is 0 Å². The molecule has 3 rings (SSSR count). The predicted octanol–water partition coefficient (Wildman–Crippen LogP) is 3.65. The van der Waals surface area contributed by atoms with Gasteiger partial charge in [0, 0.05) is 18.4 Å². The minimum Gasteiger partial charge on any atom is -0.381 e. The second-order valence-electron chi connectivity index (χ2n) is 6.46. The molecule has 2 aromatic heterocycles. The molecule has 0 saturated heterocycles. The topological polar surface area (TPSA) is 42.7 Å². The van der Waals surface area contributed by atoms with Gasteiger partial charge in [-0.2, -0.15) is 5.10 Å². The molecular weight excluding hydrogens is 248 g/mol. The highest BCUT2D eigenvalue weighted by atomic mass is 15.3. The van der Waals surface area contributed by atoms with E-state index in [0.29, 0.717) is 11.5 Å². The first kappa shape index (κ1) is 13.2. The van der Waals surface area contributed by atoms with Crippen molar-refractivity contribution >= 4 is 5.69 Å². The zero-order chi connectivity index (χ0) is 14.0. The van der Waals surface area contributed by atoms with Crippen LogP contribution in [0.2, 0.25) is 0 Å². The average Bonchev–Trinajstić information content (AvgIpc) is 2.92. The van der Waals surface area contributed by atoms with E-state index in [4.69, 9.17) is 0 Å². The molecule has 2 aromatic rings. The number of nitrogens with zero attached hydrogens (tertiary/aromatic N) is 3. The highest BCUT2D eigenvalue weighted by Crippen LogP contribution is 2.36. The van der Waals surface area contributed by atoms with Gasteiger partial charge in [-0.1, -0.05) is 20.3 Å². The van der Waals surface area contributed by atoms with Gasteiger partial charge in [0.25, 0.3) is 0 Å². The summed E-state index contributed by atoms with van der Waals surface area (Å²) >= 11 is 0. The maximum atomic E-state index is 4.46. The summed E-state index contributed by atoms with van der Waals surface area (Å²) in [6, 6.07) is 6.56. The molecule has 1 aliphatic carbocycles. The van der Waals surface area contributed by atoms with Gasteiger partial charge < -0.3 is 5.32 Å². The van der Waals surface area contributed by atoms with Crippen molar-refractivity contribution < 1.29 is 0 Å². The summed E-state index contributed by atoms with van der Waals surface area (Å²) in [6.45, 7) is 4.72. The second-order valence-corrected chi connectivity index (χ2v) is 6.46. The van der Waals surface area contributed by atoms with E-state index in [0.717, 1.165) is 11.5 Å². The van der Waals surface area contributed by atoms with Crippen LogP contribution in [-0.4, -0.2) is 20.8 Å². The third-order valence-corrected chi connectivity index (χ3v) is 4.06. The summed E-state index contributed by atoms with van der Waals surface area (Å²) in [5.41, 5.74) is 1.56. The molecule has 1 unspecified atom stereocenters. The van der Waals surface area contributed by atoms with Crippen molar-refractivity contribution in [2.24, 2.45) is 5.41 Å². The van der Waals surface area contributed by atoms with Crippen LogP contribution >= 0.6 is 0 Å². The largest absolute Gasteiger partial charge is 0.381 e. The first-order chi connectivity index (χ1) is 9.62. The third-order valence-electron chi connectivity index (χ3n) is 4.06. The van der Waals surface area contributed by atoms with Crippen LogP contribution in [0.4, 0.5) is 5.69 Å². The third kappa shape index (κ3) is 3.00. The van der Waals surface area contributed by atoms with E-state index < -0.39 is 0 Å². The lowest BCUT2D eigenvalue weighted by molar-refractivity contribution is 0.229. The van der Waals surface area contributed by atoms with Gasteiger partial charge in [0.05, 0.1) is 11.9 Å². The Morgan fingerprint density at radius 1 is 1.35 bits per heavy atom. The van der Waals surface area contributed by atoms with E-state index in [1.807, 2.05) is 24.5 Å². The Morgan fingerprint density at radius 3 is 2.90 bits per heavy atom. The van der Waals surface area contributed by atoms with Crippen molar-refractivity contribution in [1.29, 1.82) is 0 Å². The second kappa shape index (κ2) is 5.27. The van der Waals surface area contributed by atoms with E-state index >= 15 is 0 Å². The van der Waals surface area contributed by atoms with Crippen molar-refractivity contribution in [3.05, 3.63) is 36.8 Å². The smallest absolute Gasteiger partial charge is 0.153 e. The predicted molar refractivity (Wildman–Crippen MR) is 81.0 cm³/mol. The van der Waals surface area contributed by atoms with E-state index in [1.165, 1.54) is 25.7 Å². The number of hydrogen-bond acceptors (Lipinski definition) is 3. The van der Waals surface area contributed by atoms with E-state index in [1.54, 1.807) is 10.9 Å². The van der Waals surface area contributed by atoms with Gasteiger partial charge in [-0.05, 0) is 42.9 Å². The van der Waals surface area contributed by atoms with Crippen molar-refractivity contribution in [3.8, 4) is 5.82 Å². The maximum absolute atomic E-state index is 4.46. The lowest BCUT2D eigenvalue weighted by Crippen LogP contribution is -2.31. The minimum atomic E-state index is 0.457. The number of rotatable bonds is 3. The molecular formula is C16H22N4. The minimum absolute atomic E-state index is 0.457. The molecule has 4 nitrogen and oxygen atoms in total. The summed E-state index contributed by atoms with van der Waals surface area (Å²) in [4.78, 5) is 4.46. The number of hydrogen-bond donors (Lipinski definition) is 1. The Balaban J connectivity index is 1.66. The number of pyridine rings is 1. The highest BCUT2D eigenvalue weighted by molar-refractivity contribution is 5.44. The Bertz CT molecular complexity index is 542. The van der Waals surface area contributed by atoms with Crippen molar-refractivity contribution in [1.82, 2.24) is 14.8 Å². The molecule has 2 heterocycles. The summed E-state index contributed by atoms with van der Waals surface area (Å²) < 4.78 is 1.77. The van der Waals surface area contributed by atoms with Gasteiger partial charge in [-0.15, -0.1) is 0 Å². The van der Waals surface area contributed by atoms with Gasteiger partial charge in [-0.25, -0.2) is 9.67 Å². The number of nitrogens with one attached hydrogen (secondary N) is 1. The fourth-order valence-corrected chi connectivity index (χ4v) is 3.07. The molecule has 1 N–H and O–H groups in total. The van der Waals surface area contributed by atoms with Crippen LogP contribution in [0.5, 0.6) is 0 Å². The molecule has 1 atom stereocenters. The average molecular weight is 270 g/mol. The molecule has 0 radical (unpaired) electrons. The number of anilines is 1. The Morgan fingerprint density at radius 2 is 2.25 bits per heavy atom. The molecule has 0 bridgehead atoms. The summed E-state index contributed by atoms with van der Waals surface area (Å²) in [6.07, 6.45) is 10.7. The summed E-state index contributed by atoms with van der Waals surface area (Å²) in [5.74, 6) is 0.851. The monoisotopic (exact) mass is 270 g/mol. The Hall–Kier alpha value is -1.84. The maximum Gasteiger partial charge on any atom is 0.153 e. The van der Waals surface area contributed by atoms with Crippen molar-refractivity contribution in [2.75, 3.05) is 5.32 Å². The van der Waals surface area contributed by atoms with Crippen LogP contribution in [0.1, 0.15) is 39.5 Å². The fraction of sp³-hybridized carbons (Fsp3) is 0.500. The van der Waals surface area contributed by atoms with Crippen molar-refractivity contribution in [3.63, 3.8) is 0 Å². The molecule has 1 saturated carbocycles. The molecule has 0 aliphatic heterocycles. The molecule has 0 spiro atoms. The quantitative estimate of drug-likeness (QED) is 0.925. The molecule has 0 aromatic carbocycles. The van der Waals surface area contributed by atoms with Crippen LogP contribution in [-0.2, 0) is 0 Å². The fourth-order valence-electron chi connectivity index (χ4n) is 3.07. The molecule has 106 valence electrons. The summed E-state index contributed by atoms with van der Waals surface area (Å²) in [7, 11) is 0. The molecule has 4 heteroatoms. The van der Waals surface area contributed by atoms with E-state index in [2.05, 4.69) is 35.3 Å². The van der Waals surface area contributed by atoms with Gasteiger partial charge in [0.1, 0.15) is 0 Å². The first-order valence-electron chi connectivity index (χ1n) is 7.35. The lowest BCUT2D eigenvalue weighted by Gasteiger charge is -2.36. The Labute approximate surface area is 120 Å². The standard InChI is InChI=1S/C16H22N4/c1-16(2)8-3-5-13(11-16)19-14-6-7-15(17-12-14)20-10-4-9-18-20/h4,6-7,9-10,12-13,19H,3,5,8,11H2,1-2H3. The zero-order valence-corrected chi connectivity index (χ0v) is 12.2. The van der Waals surface area contributed by atoms with Crippen LogP contribution in [0.25, 0.3) is 5.82 Å². The Kier molecular flexibility index (Phi) is 3.47. The SMILES string of the molecule is CC1(C)CCCC(Nc2ccc(-n3cccn3)nc2)C1. The molecule has 1 aliphatic rings. The van der Waals surface area contributed by atoms with Crippen LogP contribution in [0, 0.1) is 5.41 Å². The lowest BCUT2D eigenvalue weighted by atomic mass is 9.75. The van der Waals surface area contributed by atoms with Crippen molar-refractivity contribution in [2.45, 2.75) is 45.6 Å². The summed E-state index contributed by atoms with van der Waals surface area (Å²) in [5, 5.41) is 7.80. The zero-order valence-electron chi connectivity index (χ0n) is 12.2. The van der Waals surface area contributed by atoms with Gasteiger partial charge >= 0.3 is 0 Å². The van der Waals surface area contributed by atoms with E-state index in [-0.39, 0.29) is 0 Å². The van der Waals surface area contributed by atoms with Crippen LogP contribution in [0.15, 0.2) is 36.8 Å². The van der Waals surface area contributed by atoms with E-state index in [9.17, 15) is 0 Å². The van der Waals surface area contributed by atoms with Crippen LogP contribution in [0.3, 0.4) is 0 Å². The first-order valence-corrected chi connectivity index (χ1v) is 7.35. The molecule has 1 fully saturated rings.